The summed E-state index contributed by atoms with van der Waals surface area (Å²) in [5, 5.41) is 0. The van der Waals surface area contributed by atoms with Crippen LogP contribution in [0.2, 0.25) is 0 Å². The molecule has 3 rings (SSSR count). The van der Waals surface area contributed by atoms with E-state index in [2.05, 4.69) is 4.90 Å². The number of nitrogens with zero attached hydrogens (tertiary/aromatic N) is 2. The number of hydrogen-bond acceptors (Lipinski definition) is 3. The fourth-order valence-corrected chi connectivity index (χ4v) is 3.34. The molecule has 2 aliphatic rings. The van der Waals surface area contributed by atoms with Crippen molar-refractivity contribution < 1.29 is 9.18 Å². The largest absolute Gasteiger partial charge is 0.333 e. The smallest absolute Gasteiger partial charge is 0.240 e. The second-order valence-electron chi connectivity index (χ2n) is 5.93. The van der Waals surface area contributed by atoms with E-state index in [-0.39, 0.29) is 29.8 Å². The zero-order valence-electron chi connectivity index (χ0n) is 11.6. The molecule has 3 atom stereocenters. The van der Waals surface area contributed by atoms with Gasteiger partial charge in [0, 0.05) is 31.7 Å². The molecule has 1 aromatic rings. The van der Waals surface area contributed by atoms with Gasteiger partial charge in [-0.1, -0.05) is 12.1 Å². The van der Waals surface area contributed by atoms with Crippen LogP contribution in [0, 0.1) is 5.82 Å². The summed E-state index contributed by atoms with van der Waals surface area (Å²) in [7, 11) is 0. The van der Waals surface area contributed by atoms with Gasteiger partial charge in [-0.2, -0.15) is 0 Å². The molecule has 2 heterocycles. The Balaban J connectivity index is 1.68. The highest BCUT2D eigenvalue weighted by atomic mass is 19.1. The normalized spacial score (nSPS) is 27.4. The fourth-order valence-electron chi connectivity index (χ4n) is 3.34. The molecule has 5 heteroatoms. The van der Waals surface area contributed by atoms with Gasteiger partial charge in [-0.05, 0) is 31.0 Å². The Kier molecular flexibility index (Phi) is 3.48. The molecule has 1 amide bonds. The first-order valence-electron chi connectivity index (χ1n) is 7.09. The van der Waals surface area contributed by atoms with E-state index in [0.29, 0.717) is 6.54 Å². The lowest BCUT2D eigenvalue weighted by atomic mass is 10.2. The number of amides is 1. The number of piperazine rings is 1. The van der Waals surface area contributed by atoms with Crippen LogP contribution in [0.1, 0.15) is 18.9 Å². The van der Waals surface area contributed by atoms with Crippen molar-refractivity contribution in [3.63, 3.8) is 0 Å². The van der Waals surface area contributed by atoms with Crippen LogP contribution in [0.15, 0.2) is 24.3 Å². The summed E-state index contributed by atoms with van der Waals surface area (Å²) in [6, 6.07) is 6.77. The third-order valence-electron chi connectivity index (χ3n) is 4.15. The third-order valence-corrected chi connectivity index (χ3v) is 4.15. The second kappa shape index (κ2) is 5.14. The molecule has 0 saturated carbocycles. The van der Waals surface area contributed by atoms with Gasteiger partial charge in [-0.15, -0.1) is 0 Å². The van der Waals surface area contributed by atoms with Crippen LogP contribution in [0.5, 0.6) is 0 Å². The maximum atomic E-state index is 13.2. The molecule has 1 aromatic carbocycles. The molecule has 2 aliphatic heterocycles. The van der Waals surface area contributed by atoms with Gasteiger partial charge in [0.25, 0.3) is 0 Å². The highest BCUT2D eigenvalue weighted by molar-refractivity contribution is 5.85. The lowest BCUT2D eigenvalue weighted by Gasteiger charge is -2.34. The van der Waals surface area contributed by atoms with Crippen molar-refractivity contribution in [3.05, 3.63) is 35.6 Å². The Morgan fingerprint density at radius 1 is 1.50 bits per heavy atom. The van der Waals surface area contributed by atoms with Crippen molar-refractivity contribution in [3.8, 4) is 0 Å². The monoisotopic (exact) mass is 277 g/mol. The summed E-state index contributed by atoms with van der Waals surface area (Å²) in [5.41, 5.74) is 6.67. The molecular weight excluding hydrogens is 257 g/mol. The number of carbonyl (C=O) groups is 1. The van der Waals surface area contributed by atoms with Gasteiger partial charge >= 0.3 is 0 Å². The molecule has 2 bridgehead atoms. The zero-order chi connectivity index (χ0) is 14.3. The van der Waals surface area contributed by atoms with Crippen LogP contribution in [0.4, 0.5) is 4.39 Å². The van der Waals surface area contributed by atoms with E-state index in [9.17, 15) is 9.18 Å². The van der Waals surface area contributed by atoms with E-state index in [0.717, 1.165) is 25.1 Å². The summed E-state index contributed by atoms with van der Waals surface area (Å²) in [4.78, 5) is 16.5. The van der Waals surface area contributed by atoms with Gasteiger partial charge in [0.05, 0.1) is 6.04 Å². The van der Waals surface area contributed by atoms with E-state index in [4.69, 9.17) is 5.73 Å². The summed E-state index contributed by atoms with van der Waals surface area (Å²) < 4.78 is 13.2. The minimum absolute atomic E-state index is 0.0282. The summed E-state index contributed by atoms with van der Waals surface area (Å²) in [6.07, 6.45) is 0.876. The van der Waals surface area contributed by atoms with E-state index < -0.39 is 0 Å². The first kappa shape index (κ1) is 13.5. The quantitative estimate of drug-likeness (QED) is 0.892. The second-order valence-corrected chi connectivity index (χ2v) is 5.93. The van der Waals surface area contributed by atoms with Gasteiger partial charge in [-0.25, -0.2) is 4.39 Å². The fraction of sp³-hybridized carbons (Fsp3) is 0.533. The molecule has 20 heavy (non-hydrogen) atoms. The minimum atomic E-state index is -0.252. The molecule has 0 radical (unpaired) electrons. The predicted octanol–water partition coefficient (Wildman–Crippen LogP) is 0.958. The van der Waals surface area contributed by atoms with Crippen LogP contribution >= 0.6 is 0 Å². The molecule has 2 saturated heterocycles. The van der Waals surface area contributed by atoms with E-state index in [1.807, 2.05) is 17.9 Å². The van der Waals surface area contributed by atoms with Crippen LogP contribution in [0.3, 0.4) is 0 Å². The Bertz CT molecular complexity index is 520. The van der Waals surface area contributed by atoms with Crippen molar-refractivity contribution in [1.29, 1.82) is 0 Å². The SMILES string of the molecule is C[C@H](N)CN1CC2CC1C(=O)N2Cc1cccc(F)c1. The molecule has 0 aliphatic carbocycles. The number of carbonyl (C=O) groups excluding carboxylic acids is 1. The molecule has 0 aromatic heterocycles. The molecule has 2 fully saturated rings. The number of nitrogens with two attached hydrogens (primary N) is 1. The Morgan fingerprint density at radius 2 is 2.30 bits per heavy atom. The van der Waals surface area contributed by atoms with Crippen LogP contribution in [0.25, 0.3) is 0 Å². The number of benzene rings is 1. The third kappa shape index (κ3) is 2.43. The molecular formula is C15H20FN3O. The molecule has 0 spiro atoms. The average Bonchev–Trinajstić information content (AvgIpc) is 2.89. The Labute approximate surface area is 118 Å². The van der Waals surface area contributed by atoms with Crippen LogP contribution < -0.4 is 5.73 Å². The van der Waals surface area contributed by atoms with Crippen molar-refractivity contribution >= 4 is 5.91 Å². The highest BCUT2D eigenvalue weighted by Crippen LogP contribution is 2.32. The predicted molar refractivity (Wildman–Crippen MR) is 74.4 cm³/mol. The first-order chi connectivity index (χ1) is 9.54. The summed E-state index contributed by atoms with van der Waals surface area (Å²) in [5.74, 6) is -0.0935. The number of rotatable bonds is 4. The standard InChI is InChI=1S/C15H20FN3O/c1-10(17)7-18-9-13-6-14(18)15(20)19(13)8-11-3-2-4-12(16)5-11/h2-5,10,13-14H,6-9,17H2,1H3/t10-,13?,14?/m0/s1. The number of hydrogen-bond donors (Lipinski definition) is 1. The molecule has 108 valence electrons. The zero-order valence-corrected chi connectivity index (χ0v) is 11.6. The van der Waals surface area contributed by atoms with Crippen LogP contribution in [-0.4, -0.2) is 46.9 Å². The minimum Gasteiger partial charge on any atom is -0.333 e. The van der Waals surface area contributed by atoms with Crippen LogP contribution in [-0.2, 0) is 11.3 Å². The summed E-state index contributed by atoms with van der Waals surface area (Å²) in [6.45, 7) is 4.11. The molecule has 2 N–H and O–H groups in total. The number of fused-ring (bicyclic) bond motifs is 2. The maximum absolute atomic E-state index is 13.2. The molecule has 4 nitrogen and oxygen atoms in total. The van der Waals surface area contributed by atoms with Gasteiger partial charge in [0.2, 0.25) is 5.91 Å². The van der Waals surface area contributed by atoms with Crippen molar-refractivity contribution in [2.24, 2.45) is 5.73 Å². The summed E-state index contributed by atoms with van der Waals surface area (Å²) >= 11 is 0. The van der Waals surface area contributed by atoms with Crippen molar-refractivity contribution in [2.75, 3.05) is 13.1 Å². The average molecular weight is 277 g/mol. The number of halogens is 1. The lowest BCUT2D eigenvalue weighted by molar-refractivity contribution is -0.137. The van der Waals surface area contributed by atoms with Gasteiger partial charge in [-0.3, -0.25) is 9.69 Å². The van der Waals surface area contributed by atoms with Crippen molar-refractivity contribution in [2.45, 2.75) is 38.0 Å². The molecule has 2 unspecified atom stereocenters. The van der Waals surface area contributed by atoms with E-state index >= 15 is 0 Å². The highest BCUT2D eigenvalue weighted by Gasteiger charge is 2.49. The lowest BCUT2D eigenvalue weighted by Crippen LogP contribution is -2.52. The van der Waals surface area contributed by atoms with Gasteiger partial charge < -0.3 is 10.6 Å². The topological polar surface area (TPSA) is 49.6 Å². The number of likely N-dealkylation sites (tertiary alicyclic amines) is 2. The Hall–Kier alpha value is -1.46. The Morgan fingerprint density at radius 3 is 2.95 bits per heavy atom. The van der Waals surface area contributed by atoms with E-state index in [1.54, 1.807) is 6.07 Å². The van der Waals surface area contributed by atoms with Gasteiger partial charge in [0.15, 0.2) is 0 Å². The maximum Gasteiger partial charge on any atom is 0.240 e. The first-order valence-corrected chi connectivity index (χ1v) is 7.09. The van der Waals surface area contributed by atoms with Gasteiger partial charge in [0.1, 0.15) is 5.82 Å². The van der Waals surface area contributed by atoms with E-state index in [1.165, 1.54) is 12.1 Å². The van der Waals surface area contributed by atoms with Crippen molar-refractivity contribution in [1.82, 2.24) is 9.80 Å².